The predicted molar refractivity (Wildman–Crippen MR) is 73.7 cm³/mol. The summed E-state index contributed by atoms with van der Waals surface area (Å²) in [5, 5.41) is 4.26. The Hall–Kier alpha value is -0.570. The summed E-state index contributed by atoms with van der Waals surface area (Å²) in [6, 6.07) is 8.35. The van der Waals surface area contributed by atoms with Crippen LogP contribution < -0.4 is 5.32 Å². The maximum Gasteiger partial charge on any atom is 0.0703 e. The average Bonchev–Trinajstić information content (AvgIpc) is 2.29. The molecule has 0 fully saturated rings. The van der Waals surface area contributed by atoms with Crippen molar-refractivity contribution < 1.29 is 4.74 Å². The number of likely N-dealkylation sites (N-methyl/N-ethyl adjacent to an activating group) is 1. The minimum absolute atomic E-state index is 0.207. The van der Waals surface area contributed by atoms with Crippen LogP contribution in [0.15, 0.2) is 24.3 Å². The molecule has 0 aliphatic rings. The van der Waals surface area contributed by atoms with Crippen molar-refractivity contribution in [3.8, 4) is 0 Å². The van der Waals surface area contributed by atoms with E-state index >= 15 is 0 Å². The van der Waals surface area contributed by atoms with E-state index in [4.69, 9.17) is 16.3 Å². The highest BCUT2D eigenvalue weighted by atomic mass is 35.5. The highest BCUT2D eigenvalue weighted by molar-refractivity contribution is 6.30. The van der Waals surface area contributed by atoms with E-state index in [0.717, 1.165) is 24.6 Å². The van der Waals surface area contributed by atoms with Crippen molar-refractivity contribution in [3.63, 3.8) is 0 Å². The zero-order valence-corrected chi connectivity index (χ0v) is 11.6. The molecule has 0 radical (unpaired) electrons. The molecule has 0 heterocycles. The standard InChI is InChI=1S/C14H22ClNO/c1-4-16-14(11(3)17-5-2)10-12-7-6-8-13(15)9-12/h6-9,11,14,16H,4-5,10H2,1-3H3. The van der Waals surface area contributed by atoms with Gasteiger partial charge in [-0.05, 0) is 44.5 Å². The molecule has 2 nitrogen and oxygen atoms in total. The maximum atomic E-state index is 5.99. The first kappa shape index (κ1) is 14.5. The maximum absolute atomic E-state index is 5.99. The minimum atomic E-state index is 0.207. The van der Waals surface area contributed by atoms with Crippen molar-refractivity contribution >= 4 is 11.6 Å². The molecule has 0 spiro atoms. The third-order valence-corrected chi connectivity index (χ3v) is 3.04. The van der Waals surface area contributed by atoms with E-state index in [2.05, 4.69) is 25.2 Å². The molecule has 17 heavy (non-hydrogen) atoms. The molecule has 0 saturated carbocycles. The number of benzene rings is 1. The molecule has 2 unspecified atom stereocenters. The minimum Gasteiger partial charge on any atom is -0.377 e. The van der Waals surface area contributed by atoms with Crippen LogP contribution >= 0.6 is 11.6 Å². The van der Waals surface area contributed by atoms with Crippen LogP contribution in [0.2, 0.25) is 5.02 Å². The second-order valence-corrected chi connectivity index (χ2v) is 4.60. The molecule has 1 aromatic rings. The van der Waals surface area contributed by atoms with Gasteiger partial charge in [0.05, 0.1) is 6.10 Å². The van der Waals surface area contributed by atoms with Crippen molar-refractivity contribution in [3.05, 3.63) is 34.9 Å². The lowest BCUT2D eigenvalue weighted by atomic mass is 10.0. The van der Waals surface area contributed by atoms with Gasteiger partial charge < -0.3 is 10.1 Å². The topological polar surface area (TPSA) is 21.3 Å². The Labute approximate surface area is 109 Å². The molecule has 3 heteroatoms. The first-order valence-corrected chi connectivity index (χ1v) is 6.64. The van der Waals surface area contributed by atoms with Crippen LogP contribution in [-0.4, -0.2) is 25.3 Å². The fourth-order valence-electron chi connectivity index (χ4n) is 1.96. The summed E-state index contributed by atoms with van der Waals surface area (Å²) in [6.45, 7) is 7.95. The summed E-state index contributed by atoms with van der Waals surface area (Å²) < 4.78 is 5.66. The van der Waals surface area contributed by atoms with Gasteiger partial charge in [0, 0.05) is 17.7 Å². The number of hydrogen-bond acceptors (Lipinski definition) is 2. The fourth-order valence-corrected chi connectivity index (χ4v) is 2.18. The second-order valence-electron chi connectivity index (χ2n) is 4.16. The van der Waals surface area contributed by atoms with Gasteiger partial charge in [-0.3, -0.25) is 0 Å². The third kappa shape index (κ3) is 5.07. The highest BCUT2D eigenvalue weighted by Crippen LogP contribution is 2.14. The normalized spacial score (nSPS) is 14.6. The van der Waals surface area contributed by atoms with E-state index in [0.29, 0.717) is 6.04 Å². The van der Waals surface area contributed by atoms with E-state index in [9.17, 15) is 0 Å². The molecule has 96 valence electrons. The Morgan fingerprint density at radius 3 is 2.71 bits per heavy atom. The Morgan fingerprint density at radius 2 is 2.12 bits per heavy atom. The summed E-state index contributed by atoms with van der Waals surface area (Å²) in [4.78, 5) is 0. The predicted octanol–water partition coefficient (Wildman–Crippen LogP) is 3.29. The van der Waals surface area contributed by atoms with Crippen LogP contribution in [0.25, 0.3) is 0 Å². The average molecular weight is 256 g/mol. The number of ether oxygens (including phenoxy) is 1. The number of hydrogen-bond donors (Lipinski definition) is 1. The summed E-state index contributed by atoms with van der Waals surface area (Å²) in [5.41, 5.74) is 1.25. The smallest absolute Gasteiger partial charge is 0.0703 e. The van der Waals surface area contributed by atoms with Gasteiger partial charge in [-0.25, -0.2) is 0 Å². The van der Waals surface area contributed by atoms with Crippen LogP contribution in [0, 0.1) is 0 Å². The first-order valence-electron chi connectivity index (χ1n) is 6.26. The SMILES string of the molecule is CCNC(Cc1cccc(Cl)c1)C(C)OCC. The Balaban J connectivity index is 2.65. The van der Waals surface area contributed by atoms with Crippen LogP contribution in [-0.2, 0) is 11.2 Å². The van der Waals surface area contributed by atoms with Crippen LogP contribution in [0.5, 0.6) is 0 Å². The van der Waals surface area contributed by atoms with Crippen LogP contribution in [0.4, 0.5) is 0 Å². The van der Waals surface area contributed by atoms with E-state index in [1.165, 1.54) is 5.56 Å². The zero-order valence-electron chi connectivity index (χ0n) is 10.9. The van der Waals surface area contributed by atoms with Crippen LogP contribution in [0.3, 0.4) is 0 Å². The van der Waals surface area contributed by atoms with Gasteiger partial charge in [-0.15, -0.1) is 0 Å². The van der Waals surface area contributed by atoms with Crippen molar-refractivity contribution in [1.29, 1.82) is 0 Å². The van der Waals surface area contributed by atoms with E-state index in [1.54, 1.807) is 0 Å². The monoisotopic (exact) mass is 255 g/mol. The Bertz CT molecular complexity index is 330. The number of rotatable bonds is 7. The molecule has 2 atom stereocenters. The van der Waals surface area contributed by atoms with Gasteiger partial charge in [0.1, 0.15) is 0 Å². The summed E-state index contributed by atoms with van der Waals surface area (Å²) in [7, 11) is 0. The number of halogens is 1. The van der Waals surface area contributed by atoms with Crippen molar-refractivity contribution in [1.82, 2.24) is 5.32 Å². The van der Waals surface area contributed by atoms with Gasteiger partial charge >= 0.3 is 0 Å². The first-order chi connectivity index (χ1) is 8.17. The molecule has 0 aromatic heterocycles. The number of nitrogens with one attached hydrogen (secondary N) is 1. The van der Waals surface area contributed by atoms with E-state index in [1.807, 2.05) is 25.1 Å². The van der Waals surface area contributed by atoms with Crippen molar-refractivity contribution in [2.45, 2.75) is 39.3 Å². The van der Waals surface area contributed by atoms with Gasteiger partial charge in [-0.1, -0.05) is 30.7 Å². The second kappa shape index (κ2) is 7.70. The highest BCUT2D eigenvalue weighted by Gasteiger charge is 2.16. The molecule has 0 aliphatic carbocycles. The lowest BCUT2D eigenvalue weighted by molar-refractivity contribution is 0.0480. The molecule has 0 bridgehead atoms. The van der Waals surface area contributed by atoms with E-state index in [-0.39, 0.29) is 6.10 Å². The summed E-state index contributed by atoms with van der Waals surface area (Å²) in [6.07, 6.45) is 1.15. The Kier molecular flexibility index (Phi) is 6.56. The molecule has 1 N–H and O–H groups in total. The molecule has 0 saturated heterocycles. The summed E-state index contributed by atoms with van der Waals surface area (Å²) >= 11 is 5.99. The quantitative estimate of drug-likeness (QED) is 0.807. The van der Waals surface area contributed by atoms with Crippen LogP contribution in [0.1, 0.15) is 26.3 Å². The molecular weight excluding hydrogens is 234 g/mol. The molecule has 0 amide bonds. The van der Waals surface area contributed by atoms with E-state index < -0.39 is 0 Å². The van der Waals surface area contributed by atoms with Crippen molar-refractivity contribution in [2.24, 2.45) is 0 Å². The van der Waals surface area contributed by atoms with Gasteiger partial charge in [0.15, 0.2) is 0 Å². The van der Waals surface area contributed by atoms with Crippen molar-refractivity contribution in [2.75, 3.05) is 13.2 Å². The van der Waals surface area contributed by atoms with Gasteiger partial charge in [0.2, 0.25) is 0 Å². The fraction of sp³-hybridized carbons (Fsp3) is 0.571. The lowest BCUT2D eigenvalue weighted by Crippen LogP contribution is -2.41. The molecule has 0 aliphatic heterocycles. The lowest BCUT2D eigenvalue weighted by Gasteiger charge is -2.24. The largest absolute Gasteiger partial charge is 0.377 e. The zero-order chi connectivity index (χ0) is 12.7. The summed E-state index contributed by atoms with van der Waals surface area (Å²) in [5.74, 6) is 0. The van der Waals surface area contributed by atoms with Gasteiger partial charge in [0.25, 0.3) is 0 Å². The third-order valence-electron chi connectivity index (χ3n) is 2.81. The Morgan fingerprint density at radius 1 is 1.35 bits per heavy atom. The molecule has 1 rings (SSSR count). The molecule has 1 aromatic carbocycles. The van der Waals surface area contributed by atoms with Gasteiger partial charge in [-0.2, -0.15) is 0 Å². The molecular formula is C14H22ClNO.